The van der Waals surface area contributed by atoms with E-state index in [1.165, 1.54) is 5.56 Å². The van der Waals surface area contributed by atoms with Crippen LogP contribution in [0.3, 0.4) is 0 Å². The van der Waals surface area contributed by atoms with E-state index in [1.54, 1.807) is 0 Å². The van der Waals surface area contributed by atoms with Gasteiger partial charge in [-0.15, -0.1) is 0 Å². The van der Waals surface area contributed by atoms with Crippen molar-refractivity contribution in [1.29, 1.82) is 0 Å². The molecule has 34 heavy (non-hydrogen) atoms. The zero-order valence-corrected chi connectivity index (χ0v) is 25.5. The van der Waals surface area contributed by atoms with Crippen molar-refractivity contribution < 1.29 is 29.6 Å². The second-order valence-electron chi connectivity index (χ2n) is 13.0. The van der Waals surface area contributed by atoms with Crippen LogP contribution < -0.4 is 35.3 Å². The summed E-state index contributed by atoms with van der Waals surface area (Å²) in [4.78, 5) is 4.46. The molecule has 0 saturated heterocycles. The number of anilines is 1. The molecule has 0 atom stereocenters. The van der Waals surface area contributed by atoms with Crippen molar-refractivity contribution in [3.05, 3.63) is 54.4 Å². The molecule has 4 heteroatoms. The average molecular weight is 468 g/mol. The summed E-state index contributed by atoms with van der Waals surface area (Å²) in [6.07, 6.45) is 5.11. The van der Waals surface area contributed by atoms with Gasteiger partial charge in [0, 0.05) is 11.2 Å². The van der Waals surface area contributed by atoms with Crippen molar-refractivity contribution in [2.75, 3.05) is 5.73 Å². The van der Waals surface area contributed by atoms with E-state index in [0.29, 0.717) is 5.82 Å². The van der Waals surface area contributed by atoms with Gasteiger partial charge in [0.15, 0.2) is 0 Å². The topological polar surface area (TPSA) is 43.3 Å². The first-order chi connectivity index (χ1) is 15.0. The van der Waals surface area contributed by atoms with E-state index in [2.05, 4.69) is 112 Å². The minimum absolute atomic E-state index is 0. The van der Waals surface area contributed by atoms with Gasteiger partial charge in [0.05, 0.1) is 5.65 Å². The predicted octanol–water partition coefficient (Wildman–Crippen LogP) is 4.79. The fraction of sp³-hybridized carbons (Fsp3) is 0.567. The second-order valence-corrected chi connectivity index (χ2v) is 13.0. The van der Waals surface area contributed by atoms with Crippen LogP contribution in [0.1, 0.15) is 81.7 Å². The van der Waals surface area contributed by atoms with E-state index < -0.39 is 0 Å². The number of fused-ring (bicyclic) bond motifs is 1. The van der Waals surface area contributed by atoms with Crippen molar-refractivity contribution in [3.63, 3.8) is 0 Å². The van der Waals surface area contributed by atoms with Crippen LogP contribution in [0.25, 0.3) is 16.8 Å². The fourth-order valence-corrected chi connectivity index (χ4v) is 7.24. The normalized spacial score (nSPS) is 23.3. The Bertz CT molecular complexity index is 1180. The first-order valence-corrected chi connectivity index (χ1v) is 12.2. The molecule has 4 rings (SSSR count). The molecule has 0 radical (unpaired) electrons. The number of nitrogen functional groups attached to an aromatic ring is 1. The van der Waals surface area contributed by atoms with Crippen LogP contribution in [0.15, 0.2) is 42.6 Å². The number of benzene rings is 1. The molecule has 1 fully saturated rings. The quantitative estimate of drug-likeness (QED) is 0.435. The molecule has 2 aromatic heterocycles. The predicted molar refractivity (Wildman–Crippen MR) is 140 cm³/mol. The summed E-state index contributed by atoms with van der Waals surface area (Å²) in [6.45, 7) is 27.3. The van der Waals surface area contributed by atoms with E-state index in [4.69, 9.17) is 5.73 Å². The first kappa shape index (κ1) is 27.3. The molecule has 3 aromatic rings. The molecule has 0 bridgehead atoms. The molecule has 0 unspecified atom stereocenters. The Morgan fingerprint density at radius 1 is 0.706 bits per heavy atom. The first-order valence-electron chi connectivity index (χ1n) is 12.2. The molecule has 1 aliphatic rings. The Labute approximate surface area is 229 Å². The number of hydrogen-bond donors (Lipinski definition) is 1. The summed E-state index contributed by atoms with van der Waals surface area (Å²) in [7, 11) is 0. The summed E-state index contributed by atoms with van der Waals surface area (Å²) in [5.74, 6) is 0.673. The van der Waals surface area contributed by atoms with Crippen molar-refractivity contribution in [1.82, 2.24) is 9.38 Å². The third-order valence-electron chi connectivity index (χ3n) is 12.0. The molecule has 2 heterocycles. The molecule has 0 spiro atoms. The van der Waals surface area contributed by atoms with Crippen LogP contribution in [-0.2, 0) is 5.41 Å². The van der Waals surface area contributed by atoms with Crippen molar-refractivity contribution >= 4 is 11.5 Å². The Morgan fingerprint density at radius 2 is 1.18 bits per heavy atom. The van der Waals surface area contributed by atoms with Gasteiger partial charge < -0.3 is 15.1 Å². The third-order valence-corrected chi connectivity index (χ3v) is 12.0. The Balaban J connectivity index is 0.00000324. The van der Waals surface area contributed by atoms with Crippen molar-refractivity contribution in [2.24, 2.45) is 27.1 Å². The molecule has 1 aliphatic carbocycles. The number of nitrogens with zero attached hydrogens (tertiary/aromatic N) is 2. The van der Waals surface area contributed by atoms with Gasteiger partial charge in [-0.25, -0.2) is 0 Å². The summed E-state index contributed by atoms with van der Waals surface area (Å²) < 4.78 is 1.92. The number of hydrogen-bond acceptors (Lipinski definition) is 2. The minimum Gasteiger partial charge on any atom is -0.423 e. The van der Waals surface area contributed by atoms with Crippen LogP contribution in [0.2, 0.25) is 0 Å². The van der Waals surface area contributed by atoms with Crippen LogP contribution in [0.5, 0.6) is 0 Å². The van der Waals surface area contributed by atoms with E-state index in [1.807, 2.05) is 22.7 Å². The van der Waals surface area contributed by atoms with E-state index in [0.717, 1.165) is 16.8 Å². The molecule has 3 nitrogen and oxygen atoms in total. The zero-order valence-electron chi connectivity index (χ0n) is 23.5. The summed E-state index contributed by atoms with van der Waals surface area (Å²) in [5, 5.41) is 0. The smallest absolute Gasteiger partial charge is 0.423 e. The fourth-order valence-electron chi connectivity index (χ4n) is 7.24. The van der Waals surface area contributed by atoms with Gasteiger partial charge in [-0.05, 0) is 45.0 Å². The Hall–Kier alpha value is -1.29. The zero-order chi connectivity index (χ0) is 24.8. The molecule has 178 valence electrons. The maximum atomic E-state index is 6.48. The molecule has 0 amide bonds. The largest absolute Gasteiger partial charge is 1.00 e. The van der Waals surface area contributed by atoms with Gasteiger partial charge >= 0.3 is 29.6 Å². The minimum atomic E-state index is -0.0566. The maximum absolute atomic E-state index is 6.48. The summed E-state index contributed by atoms with van der Waals surface area (Å²) in [5.41, 5.74) is 11.0. The maximum Gasteiger partial charge on any atom is 1.00 e. The van der Waals surface area contributed by atoms with Crippen LogP contribution in [-0.4, -0.2) is 9.38 Å². The van der Waals surface area contributed by atoms with Gasteiger partial charge in [0.25, 0.3) is 0 Å². The Kier molecular flexibility index (Phi) is 6.31. The molecular weight excluding hydrogens is 425 g/mol. The second kappa shape index (κ2) is 7.85. The van der Waals surface area contributed by atoms with E-state index >= 15 is 0 Å². The molecule has 1 saturated carbocycles. The van der Waals surface area contributed by atoms with Gasteiger partial charge in [-0.2, -0.15) is 0 Å². The van der Waals surface area contributed by atoms with Crippen LogP contribution in [0.4, 0.5) is 5.82 Å². The van der Waals surface area contributed by atoms with Gasteiger partial charge in [0.2, 0.25) is 0 Å². The molecule has 0 aliphatic heterocycles. The third kappa shape index (κ3) is 2.96. The summed E-state index contributed by atoms with van der Waals surface area (Å²) >= 11 is 0. The SMILES string of the molecule is CC1(C)C(C)(C)C(C)(C)C(C)(c2ccc(-c3[c-]nc4cccn4c3N)cc2)C(C)(C)C1(C)C.[Na+]. The monoisotopic (exact) mass is 467 g/mol. The van der Waals surface area contributed by atoms with E-state index in [-0.39, 0.29) is 62.0 Å². The van der Waals surface area contributed by atoms with Crippen molar-refractivity contribution in [2.45, 2.75) is 81.6 Å². The van der Waals surface area contributed by atoms with Gasteiger partial charge in [0.1, 0.15) is 0 Å². The van der Waals surface area contributed by atoms with Gasteiger partial charge in [-0.3, -0.25) is 0 Å². The Morgan fingerprint density at radius 3 is 1.68 bits per heavy atom. The van der Waals surface area contributed by atoms with Crippen LogP contribution in [0, 0.1) is 33.3 Å². The number of rotatable bonds is 2. The number of nitrogens with two attached hydrogens (primary N) is 1. The molecular formula is C30H42N3Na. The average Bonchev–Trinajstić information content (AvgIpc) is 3.22. The van der Waals surface area contributed by atoms with Crippen LogP contribution >= 0.6 is 0 Å². The number of aromatic nitrogens is 2. The molecule has 1 aromatic carbocycles. The van der Waals surface area contributed by atoms with Crippen molar-refractivity contribution in [3.8, 4) is 11.1 Å². The van der Waals surface area contributed by atoms with Gasteiger partial charge in [-0.1, -0.05) is 124 Å². The standard InChI is InChI=1S/C30H42N3.Na/c1-25(2)26(3,4)28(7,8)30(11,29(9,10)27(25,5)6)21-16-14-20(15-17-21)22-19-32-23-13-12-18-33(23)24(22)31;/h12-18H,31H2,1-11H3;/q-1;+1. The van der Waals surface area contributed by atoms with E-state index in [9.17, 15) is 0 Å². The molecule has 2 N–H and O–H groups in total. The summed E-state index contributed by atoms with van der Waals surface area (Å²) in [6, 6.07) is 12.9.